The summed E-state index contributed by atoms with van der Waals surface area (Å²) in [6, 6.07) is 0. The van der Waals surface area contributed by atoms with Crippen LogP contribution < -0.4 is 5.73 Å². The van der Waals surface area contributed by atoms with Crippen molar-refractivity contribution in [1.29, 1.82) is 0 Å². The minimum atomic E-state index is -0.594. The first-order valence-corrected chi connectivity index (χ1v) is 7.58. The summed E-state index contributed by atoms with van der Waals surface area (Å²) in [7, 11) is 3.48. The molecule has 0 spiro atoms. The summed E-state index contributed by atoms with van der Waals surface area (Å²) in [5, 5.41) is 5.16. The Balaban J connectivity index is 2.07. The van der Waals surface area contributed by atoms with Crippen molar-refractivity contribution in [3.8, 4) is 0 Å². The van der Waals surface area contributed by atoms with E-state index in [9.17, 15) is 14.4 Å². The Bertz CT molecular complexity index is 521. The molecule has 2 heterocycles. The fraction of sp³-hybridized carbons (Fsp3) is 0.714. The van der Waals surface area contributed by atoms with Crippen LogP contribution in [0.3, 0.4) is 0 Å². The van der Waals surface area contributed by atoms with Gasteiger partial charge in [0.1, 0.15) is 5.71 Å². The quantitative estimate of drug-likeness (QED) is 0.644. The van der Waals surface area contributed by atoms with Gasteiger partial charge in [-0.1, -0.05) is 0 Å². The summed E-state index contributed by atoms with van der Waals surface area (Å²) in [5.41, 5.74) is 5.52. The first-order chi connectivity index (χ1) is 10.9. The molecule has 128 valence electrons. The number of rotatable bonds is 5. The molecule has 2 aliphatic rings. The number of nitrogens with zero attached hydrogens (tertiary/aromatic N) is 4. The minimum absolute atomic E-state index is 0.139. The maximum absolute atomic E-state index is 12.6. The van der Waals surface area contributed by atoms with Crippen LogP contribution in [-0.2, 0) is 19.1 Å². The van der Waals surface area contributed by atoms with Crippen LogP contribution in [0.4, 0.5) is 0 Å². The number of likely N-dealkylation sites (N-methyl/N-ethyl adjacent to an activating group) is 1. The molecule has 9 heteroatoms. The number of hydrogen-bond donors (Lipinski definition) is 1. The average Bonchev–Trinajstić information content (AvgIpc) is 2.48. The van der Waals surface area contributed by atoms with Gasteiger partial charge in [-0.25, -0.2) is 5.01 Å². The largest absolute Gasteiger partial charge is 0.374 e. The first kappa shape index (κ1) is 17.4. The van der Waals surface area contributed by atoms with E-state index in [1.807, 2.05) is 7.05 Å². The molecule has 3 amide bonds. The SMILES string of the molecule is CN1CCO[C@H](CN(CC(N)=O)C(=O)C2=NN(C)C(=O)CC2)C1. The van der Waals surface area contributed by atoms with E-state index in [-0.39, 0.29) is 49.6 Å². The third-order valence-corrected chi connectivity index (χ3v) is 3.85. The van der Waals surface area contributed by atoms with Gasteiger partial charge in [0.05, 0.1) is 19.3 Å². The van der Waals surface area contributed by atoms with Gasteiger partial charge in [-0.15, -0.1) is 0 Å². The van der Waals surface area contributed by atoms with Crippen LogP contribution in [0.2, 0.25) is 0 Å². The maximum atomic E-state index is 12.6. The lowest BCUT2D eigenvalue weighted by Gasteiger charge is -2.34. The van der Waals surface area contributed by atoms with Crippen molar-refractivity contribution < 1.29 is 19.1 Å². The molecule has 1 saturated heterocycles. The summed E-state index contributed by atoms with van der Waals surface area (Å²) >= 11 is 0. The Hall–Kier alpha value is -2.00. The lowest BCUT2D eigenvalue weighted by molar-refractivity contribution is -0.134. The van der Waals surface area contributed by atoms with Gasteiger partial charge in [-0.3, -0.25) is 14.4 Å². The molecule has 1 fully saturated rings. The Morgan fingerprint density at radius 2 is 2.13 bits per heavy atom. The molecule has 0 bridgehead atoms. The van der Waals surface area contributed by atoms with Crippen molar-refractivity contribution in [1.82, 2.24) is 14.8 Å². The van der Waals surface area contributed by atoms with E-state index in [1.165, 1.54) is 11.9 Å². The summed E-state index contributed by atoms with van der Waals surface area (Å²) < 4.78 is 5.64. The van der Waals surface area contributed by atoms with E-state index < -0.39 is 5.91 Å². The Morgan fingerprint density at radius 3 is 2.74 bits per heavy atom. The number of carbonyl (C=O) groups excluding carboxylic acids is 3. The molecule has 1 atom stereocenters. The summed E-state index contributed by atoms with van der Waals surface area (Å²) in [4.78, 5) is 38.8. The number of ether oxygens (including phenoxy) is 1. The number of amides is 3. The van der Waals surface area contributed by atoms with Crippen LogP contribution >= 0.6 is 0 Å². The molecule has 2 rings (SSSR count). The molecule has 0 radical (unpaired) electrons. The normalized spacial score (nSPS) is 22.7. The standard InChI is InChI=1S/C14H23N5O4/c1-17-5-6-23-10(7-17)8-19(9-12(15)20)14(22)11-3-4-13(21)18(2)16-11/h10H,3-9H2,1-2H3,(H2,15,20)/t10-/m0/s1. The van der Waals surface area contributed by atoms with Crippen molar-refractivity contribution in [3.05, 3.63) is 0 Å². The third-order valence-electron chi connectivity index (χ3n) is 3.85. The number of nitrogens with two attached hydrogens (primary N) is 1. The Kier molecular flexibility index (Phi) is 5.67. The van der Waals surface area contributed by atoms with Gasteiger partial charge in [-0.2, -0.15) is 5.10 Å². The molecule has 0 aromatic heterocycles. The van der Waals surface area contributed by atoms with Gasteiger partial charge >= 0.3 is 0 Å². The highest BCUT2D eigenvalue weighted by Gasteiger charge is 2.29. The molecule has 9 nitrogen and oxygen atoms in total. The van der Waals surface area contributed by atoms with Crippen LogP contribution in [0.5, 0.6) is 0 Å². The Morgan fingerprint density at radius 1 is 1.39 bits per heavy atom. The highest BCUT2D eigenvalue weighted by Crippen LogP contribution is 2.11. The number of hydrazone groups is 1. The highest BCUT2D eigenvalue weighted by atomic mass is 16.5. The molecular weight excluding hydrogens is 302 g/mol. The van der Waals surface area contributed by atoms with Crippen LogP contribution in [0, 0.1) is 0 Å². The molecule has 0 aliphatic carbocycles. The lowest BCUT2D eigenvalue weighted by Crippen LogP contribution is -2.51. The van der Waals surface area contributed by atoms with Gasteiger partial charge < -0.3 is 20.3 Å². The van der Waals surface area contributed by atoms with Gasteiger partial charge in [0.2, 0.25) is 11.8 Å². The molecule has 0 unspecified atom stereocenters. The smallest absolute Gasteiger partial charge is 0.270 e. The molecule has 23 heavy (non-hydrogen) atoms. The second-order valence-electron chi connectivity index (χ2n) is 5.87. The van der Waals surface area contributed by atoms with Crippen LogP contribution in [0.25, 0.3) is 0 Å². The zero-order chi connectivity index (χ0) is 17.0. The molecule has 2 aliphatic heterocycles. The highest BCUT2D eigenvalue weighted by molar-refractivity contribution is 6.39. The van der Waals surface area contributed by atoms with Crippen molar-refractivity contribution in [2.24, 2.45) is 10.8 Å². The predicted molar refractivity (Wildman–Crippen MR) is 82.5 cm³/mol. The average molecular weight is 325 g/mol. The maximum Gasteiger partial charge on any atom is 0.270 e. The van der Waals surface area contributed by atoms with E-state index in [4.69, 9.17) is 10.5 Å². The number of carbonyl (C=O) groups is 3. The molecular formula is C14H23N5O4. The van der Waals surface area contributed by atoms with Gasteiger partial charge in [-0.05, 0) is 7.05 Å². The summed E-state index contributed by atoms with van der Waals surface area (Å²) in [5.74, 6) is -1.11. The van der Waals surface area contributed by atoms with Gasteiger partial charge in [0.25, 0.3) is 5.91 Å². The minimum Gasteiger partial charge on any atom is -0.374 e. The number of primary amides is 1. The van der Waals surface area contributed by atoms with Gasteiger partial charge in [0, 0.05) is 39.5 Å². The van der Waals surface area contributed by atoms with E-state index in [1.54, 1.807) is 0 Å². The second kappa shape index (κ2) is 7.51. The Labute approximate surface area is 135 Å². The third kappa shape index (κ3) is 4.73. The van der Waals surface area contributed by atoms with Crippen molar-refractivity contribution in [2.75, 3.05) is 46.9 Å². The molecule has 2 N–H and O–H groups in total. The number of morpholine rings is 1. The molecule has 0 aromatic carbocycles. The van der Waals surface area contributed by atoms with Crippen LogP contribution in [0.15, 0.2) is 5.10 Å². The zero-order valence-electron chi connectivity index (χ0n) is 13.5. The molecule has 0 saturated carbocycles. The topological polar surface area (TPSA) is 109 Å². The van der Waals surface area contributed by atoms with Gasteiger partial charge in [0.15, 0.2) is 0 Å². The van der Waals surface area contributed by atoms with Crippen molar-refractivity contribution in [3.63, 3.8) is 0 Å². The molecule has 0 aromatic rings. The van der Waals surface area contributed by atoms with Crippen LogP contribution in [0.1, 0.15) is 12.8 Å². The van der Waals surface area contributed by atoms with E-state index in [2.05, 4.69) is 10.0 Å². The van der Waals surface area contributed by atoms with E-state index >= 15 is 0 Å². The monoisotopic (exact) mass is 325 g/mol. The summed E-state index contributed by atoms with van der Waals surface area (Å²) in [6.07, 6.45) is 0.317. The zero-order valence-corrected chi connectivity index (χ0v) is 13.5. The van der Waals surface area contributed by atoms with Crippen molar-refractivity contribution in [2.45, 2.75) is 18.9 Å². The first-order valence-electron chi connectivity index (χ1n) is 7.58. The van der Waals surface area contributed by atoms with Crippen molar-refractivity contribution >= 4 is 23.4 Å². The van der Waals surface area contributed by atoms with E-state index in [0.717, 1.165) is 11.6 Å². The van der Waals surface area contributed by atoms with Crippen LogP contribution in [-0.4, -0.2) is 91.2 Å². The predicted octanol–water partition coefficient (Wildman–Crippen LogP) is -1.76. The number of hydrogen-bond acceptors (Lipinski definition) is 6. The fourth-order valence-electron chi connectivity index (χ4n) is 2.64. The van der Waals surface area contributed by atoms with E-state index in [0.29, 0.717) is 13.2 Å². The fourth-order valence-corrected chi connectivity index (χ4v) is 2.64. The second-order valence-corrected chi connectivity index (χ2v) is 5.87. The summed E-state index contributed by atoms with van der Waals surface area (Å²) in [6.45, 7) is 2.16. The lowest BCUT2D eigenvalue weighted by atomic mass is 10.1.